The van der Waals surface area contributed by atoms with E-state index in [0.717, 1.165) is 0 Å². The van der Waals surface area contributed by atoms with E-state index in [-0.39, 0.29) is 0 Å². The number of hydrogen-bond donors (Lipinski definition) is 3. The fraction of sp³-hybridized carbons (Fsp3) is 0.300. The number of ether oxygens (including phenoxy) is 1. The fourth-order valence-corrected chi connectivity index (χ4v) is 1.75. The van der Waals surface area contributed by atoms with Gasteiger partial charge in [-0.25, -0.2) is 4.39 Å². The van der Waals surface area contributed by atoms with Crippen molar-refractivity contribution in [3.63, 3.8) is 0 Å². The molecule has 1 aromatic carbocycles. The number of rotatable bonds is 5. The van der Waals surface area contributed by atoms with Gasteiger partial charge in [-0.3, -0.25) is 9.35 Å². The molecule has 0 spiro atoms. The molecular formula is C10H10F2O7S. The van der Waals surface area contributed by atoms with Crippen LogP contribution in [0, 0.1) is 17.6 Å². The highest BCUT2D eigenvalue weighted by molar-refractivity contribution is 7.85. The van der Waals surface area contributed by atoms with Crippen LogP contribution in [-0.2, 0) is 14.9 Å². The Morgan fingerprint density at radius 1 is 1.20 bits per heavy atom. The van der Waals surface area contributed by atoms with Crippen molar-refractivity contribution in [3.8, 4) is 5.75 Å². The molecule has 0 saturated heterocycles. The van der Waals surface area contributed by atoms with E-state index in [4.69, 9.17) is 14.8 Å². The molecule has 0 aliphatic rings. The standard InChI is InChI=1S/C10H10F2O7S/c11-8-6(19-10(15)5(3-13)4-14)1-2-7(9(8)12)20(16,17)18/h1-2,5,13-14H,3-4H2,(H,16,17,18). The van der Waals surface area contributed by atoms with E-state index in [9.17, 15) is 22.0 Å². The zero-order valence-electron chi connectivity index (χ0n) is 9.79. The third kappa shape index (κ3) is 3.48. The molecule has 0 atom stereocenters. The summed E-state index contributed by atoms with van der Waals surface area (Å²) in [6.07, 6.45) is 0. The van der Waals surface area contributed by atoms with E-state index in [1.807, 2.05) is 0 Å². The molecule has 0 bridgehead atoms. The van der Waals surface area contributed by atoms with E-state index in [1.165, 1.54) is 0 Å². The molecule has 1 aromatic rings. The van der Waals surface area contributed by atoms with Crippen molar-refractivity contribution in [2.24, 2.45) is 5.92 Å². The Morgan fingerprint density at radius 3 is 2.20 bits per heavy atom. The SMILES string of the molecule is O=C(Oc1ccc(S(=O)(=O)O)c(F)c1F)C(CO)CO. The minimum absolute atomic E-state index is 0.503. The van der Waals surface area contributed by atoms with Crippen LogP contribution in [0.15, 0.2) is 17.0 Å². The van der Waals surface area contributed by atoms with Gasteiger partial charge in [-0.05, 0) is 12.1 Å². The van der Waals surface area contributed by atoms with Gasteiger partial charge in [0.05, 0.1) is 13.2 Å². The van der Waals surface area contributed by atoms with Crippen molar-refractivity contribution in [1.82, 2.24) is 0 Å². The summed E-state index contributed by atoms with van der Waals surface area (Å²) in [5.74, 6) is -7.23. The van der Waals surface area contributed by atoms with Crippen molar-refractivity contribution >= 4 is 16.1 Å². The Bertz CT molecular complexity index is 610. The van der Waals surface area contributed by atoms with E-state index in [0.29, 0.717) is 12.1 Å². The van der Waals surface area contributed by atoms with Gasteiger partial charge in [0, 0.05) is 0 Å². The number of aliphatic hydroxyl groups is 2. The van der Waals surface area contributed by atoms with Crippen LogP contribution in [-0.4, -0.2) is 42.4 Å². The predicted molar refractivity (Wildman–Crippen MR) is 59.5 cm³/mol. The minimum Gasteiger partial charge on any atom is -0.423 e. The van der Waals surface area contributed by atoms with Crippen molar-refractivity contribution in [2.75, 3.05) is 13.2 Å². The largest absolute Gasteiger partial charge is 0.423 e. The van der Waals surface area contributed by atoms with Crippen LogP contribution >= 0.6 is 0 Å². The summed E-state index contributed by atoms with van der Waals surface area (Å²) in [6, 6.07) is 1.12. The lowest BCUT2D eigenvalue weighted by Gasteiger charge is -2.11. The third-order valence-corrected chi connectivity index (χ3v) is 3.15. The average Bonchev–Trinajstić information content (AvgIpc) is 2.35. The van der Waals surface area contributed by atoms with Gasteiger partial charge in [-0.2, -0.15) is 12.8 Å². The lowest BCUT2D eigenvalue weighted by atomic mass is 10.2. The maximum absolute atomic E-state index is 13.5. The zero-order chi connectivity index (χ0) is 15.5. The van der Waals surface area contributed by atoms with Crippen LogP contribution in [0.25, 0.3) is 0 Å². The summed E-state index contributed by atoms with van der Waals surface area (Å²) < 4.78 is 61.3. The molecule has 10 heteroatoms. The zero-order valence-corrected chi connectivity index (χ0v) is 10.6. The second-order valence-electron chi connectivity index (χ2n) is 3.65. The average molecular weight is 312 g/mol. The summed E-state index contributed by atoms with van der Waals surface area (Å²) in [5.41, 5.74) is 0. The quantitative estimate of drug-likeness (QED) is 0.388. The molecule has 0 amide bonds. The van der Waals surface area contributed by atoms with Crippen LogP contribution in [0.4, 0.5) is 8.78 Å². The van der Waals surface area contributed by atoms with Gasteiger partial charge in [0.25, 0.3) is 10.1 Å². The number of aliphatic hydroxyl groups excluding tert-OH is 2. The molecule has 20 heavy (non-hydrogen) atoms. The molecule has 112 valence electrons. The Kier molecular flexibility index (Phi) is 5.11. The fourth-order valence-electron chi connectivity index (χ4n) is 1.19. The molecule has 0 heterocycles. The first-order valence-electron chi connectivity index (χ1n) is 5.11. The van der Waals surface area contributed by atoms with Crippen LogP contribution in [0.1, 0.15) is 0 Å². The molecule has 0 unspecified atom stereocenters. The molecule has 7 nitrogen and oxygen atoms in total. The van der Waals surface area contributed by atoms with E-state index >= 15 is 0 Å². The molecule has 0 saturated carbocycles. The molecule has 0 aliphatic carbocycles. The highest BCUT2D eigenvalue weighted by atomic mass is 32.2. The molecule has 0 fully saturated rings. The van der Waals surface area contributed by atoms with Gasteiger partial charge in [0.1, 0.15) is 10.8 Å². The number of hydrogen-bond acceptors (Lipinski definition) is 6. The van der Waals surface area contributed by atoms with Crippen molar-refractivity contribution < 1.29 is 41.5 Å². The topological polar surface area (TPSA) is 121 Å². The van der Waals surface area contributed by atoms with Gasteiger partial charge in [0.15, 0.2) is 11.6 Å². The van der Waals surface area contributed by atoms with Crippen molar-refractivity contribution in [1.29, 1.82) is 0 Å². The van der Waals surface area contributed by atoms with Crippen LogP contribution in [0.2, 0.25) is 0 Å². The molecule has 1 rings (SSSR count). The Hall–Kier alpha value is -1.62. The molecule has 3 N–H and O–H groups in total. The number of halogens is 2. The Balaban J connectivity index is 3.12. The van der Waals surface area contributed by atoms with E-state index in [1.54, 1.807) is 0 Å². The maximum atomic E-state index is 13.5. The van der Waals surface area contributed by atoms with Gasteiger partial charge in [0.2, 0.25) is 5.82 Å². The van der Waals surface area contributed by atoms with Gasteiger partial charge in [-0.15, -0.1) is 0 Å². The number of benzene rings is 1. The predicted octanol–water partition coefficient (Wildman–Crippen LogP) is -0.282. The highest BCUT2D eigenvalue weighted by Crippen LogP contribution is 2.26. The van der Waals surface area contributed by atoms with Crippen molar-refractivity contribution in [2.45, 2.75) is 4.90 Å². The molecule has 0 aromatic heterocycles. The molecule has 0 aliphatic heterocycles. The van der Waals surface area contributed by atoms with Gasteiger partial charge in [-0.1, -0.05) is 0 Å². The van der Waals surface area contributed by atoms with E-state index < -0.39 is 57.5 Å². The molecule has 0 radical (unpaired) electrons. The van der Waals surface area contributed by atoms with Gasteiger partial charge < -0.3 is 14.9 Å². The van der Waals surface area contributed by atoms with Crippen LogP contribution in [0.3, 0.4) is 0 Å². The monoisotopic (exact) mass is 312 g/mol. The normalized spacial score (nSPS) is 11.7. The van der Waals surface area contributed by atoms with Gasteiger partial charge >= 0.3 is 5.97 Å². The second-order valence-corrected chi connectivity index (χ2v) is 5.04. The van der Waals surface area contributed by atoms with Crippen LogP contribution in [0.5, 0.6) is 5.75 Å². The lowest BCUT2D eigenvalue weighted by molar-refractivity contribution is -0.141. The first-order valence-corrected chi connectivity index (χ1v) is 6.55. The minimum atomic E-state index is -4.96. The summed E-state index contributed by atoms with van der Waals surface area (Å²) in [4.78, 5) is 10.0. The Labute approximate surface area is 112 Å². The second kappa shape index (κ2) is 6.22. The van der Waals surface area contributed by atoms with Crippen LogP contribution < -0.4 is 4.74 Å². The summed E-state index contributed by atoms with van der Waals surface area (Å²) in [7, 11) is -4.96. The maximum Gasteiger partial charge on any atom is 0.319 e. The third-order valence-electron chi connectivity index (χ3n) is 2.27. The summed E-state index contributed by atoms with van der Waals surface area (Å²) >= 11 is 0. The smallest absolute Gasteiger partial charge is 0.319 e. The van der Waals surface area contributed by atoms with E-state index in [2.05, 4.69) is 4.74 Å². The highest BCUT2D eigenvalue weighted by Gasteiger charge is 2.25. The lowest BCUT2D eigenvalue weighted by Crippen LogP contribution is -2.27. The Morgan fingerprint density at radius 2 is 1.75 bits per heavy atom. The number of carbonyl (C=O) groups excluding carboxylic acids is 1. The first-order chi connectivity index (χ1) is 9.22. The summed E-state index contributed by atoms with van der Waals surface area (Å²) in [6.45, 7) is -1.55. The van der Waals surface area contributed by atoms with Crippen molar-refractivity contribution in [3.05, 3.63) is 23.8 Å². The molecular weight excluding hydrogens is 302 g/mol. The number of carbonyl (C=O) groups is 1. The summed E-state index contributed by atoms with van der Waals surface area (Å²) in [5, 5.41) is 17.4. The number of esters is 1. The first kappa shape index (κ1) is 16.4.